The molecule has 8 heteroatoms. The van der Waals surface area contributed by atoms with Crippen LogP contribution >= 0.6 is 15.9 Å². The molecule has 0 saturated carbocycles. The molecule has 2 rings (SSSR count). The van der Waals surface area contributed by atoms with Gasteiger partial charge in [-0.1, -0.05) is 28.1 Å². The number of hydrogen-bond donors (Lipinski definition) is 1. The van der Waals surface area contributed by atoms with E-state index in [2.05, 4.69) is 21.2 Å². The van der Waals surface area contributed by atoms with E-state index in [1.54, 1.807) is 0 Å². The fourth-order valence-corrected chi connectivity index (χ4v) is 4.26. The molecule has 2 aromatic rings. The van der Waals surface area contributed by atoms with Gasteiger partial charge in [0.25, 0.3) is 0 Å². The normalized spacial score (nSPS) is 13.5. The minimum atomic E-state index is -3.59. The molecule has 0 aliphatic rings. The first kappa shape index (κ1) is 19.0. The predicted molar refractivity (Wildman–Crippen MR) is 98.8 cm³/mol. The average Bonchev–Trinajstić information content (AvgIpc) is 2.45. The number of anilines is 1. The summed E-state index contributed by atoms with van der Waals surface area (Å²) < 4.78 is 48.4. The van der Waals surface area contributed by atoms with Crippen molar-refractivity contribution in [1.29, 1.82) is 0 Å². The maximum atomic E-state index is 12.1. The Balaban J connectivity index is 2.47. The molecule has 0 aliphatic heterocycles. The zero-order chi connectivity index (χ0) is 18.1. The summed E-state index contributed by atoms with van der Waals surface area (Å²) in [5, 5.41) is 3.14. The van der Waals surface area contributed by atoms with Gasteiger partial charge in [-0.25, -0.2) is 16.8 Å². The van der Waals surface area contributed by atoms with Crippen LogP contribution in [-0.4, -0.2) is 29.3 Å². The predicted octanol–water partition coefficient (Wildman–Crippen LogP) is 3.43. The summed E-state index contributed by atoms with van der Waals surface area (Å²) in [6, 6.07) is 11.6. The van der Waals surface area contributed by atoms with Crippen LogP contribution in [0.15, 0.2) is 56.7 Å². The number of halogens is 1. The van der Waals surface area contributed by atoms with E-state index in [-0.39, 0.29) is 15.8 Å². The molecular weight excluding hydrogens is 414 g/mol. The standard InChI is InChI=1S/C16H18BrNO4S2/c1-11(12-5-4-6-13(17)9-12)18-15-8-7-14(23(2,19)20)10-16(15)24(3,21)22/h4-11,18H,1-3H3. The second-order valence-corrected chi connectivity index (χ2v) is 10.5. The Hall–Kier alpha value is -1.38. The highest BCUT2D eigenvalue weighted by molar-refractivity contribution is 9.10. The maximum Gasteiger partial charge on any atom is 0.177 e. The largest absolute Gasteiger partial charge is 0.377 e. The molecule has 0 aromatic heterocycles. The molecule has 1 atom stereocenters. The Morgan fingerprint density at radius 1 is 0.958 bits per heavy atom. The van der Waals surface area contributed by atoms with E-state index in [1.807, 2.05) is 31.2 Å². The minimum absolute atomic E-state index is 0.0245. The Labute approximate surface area is 151 Å². The Morgan fingerprint density at radius 3 is 2.17 bits per heavy atom. The van der Waals surface area contributed by atoms with Gasteiger partial charge in [0.1, 0.15) is 0 Å². The molecule has 1 N–H and O–H groups in total. The summed E-state index contributed by atoms with van der Waals surface area (Å²) in [6.07, 6.45) is 2.11. The van der Waals surface area contributed by atoms with E-state index in [0.717, 1.165) is 22.5 Å². The van der Waals surface area contributed by atoms with Crippen molar-refractivity contribution in [2.45, 2.75) is 22.8 Å². The number of rotatable bonds is 5. The molecule has 1 unspecified atom stereocenters. The first-order valence-electron chi connectivity index (χ1n) is 7.04. The molecule has 0 heterocycles. The van der Waals surface area contributed by atoms with E-state index in [4.69, 9.17) is 0 Å². The van der Waals surface area contributed by atoms with Gasteiger partial charge in [0.2, 0.25) is 0 Å². The van der Waals surface area contributed by atoms with Gasteiger partial charge < -0.3 is 5.32 Å². The highest BCUT2D eigenvalue weighted by Gasteiger charge is 2.19. The van der Waals surface area contributed by atoms with Crippen molar-refractivity contribution < 1.29 is 16.8 Å². The van der Waals surface area contributed by atoms with E-state index >= 15 is 0 Å². The van der Waals surface area contributed by atoms with Crippen molar-refractivity contribution in [2.24, 2.45) is 0 Å². The highest BCUT2D eigenvalue weighted by atomic mass is 79.9. The summed E-state index contributed by atoms with van der Waals surface area (Å²) in [7, 11) is -7.08. The molecule has 0 spiro atoms. The molecule has 130 valence electrons. The smallest absolute Gasteiger partial charge is 0.177 e. The van der Waals surface area contributed by atoms with E-state index in [0.29, 0.717) is 5.69 Å². The van der Waals surface area contributed by atoms with Crippen LogP contribution in [0.5, 0.6) is 0 Å². The van der Waals surface area contributed by atoms with Gasteiger partial charge in [-0.3, -0.25) is 0 Å². The second kappa shape index (κ2) is 6.85. The molecule has 0 aliphatic carbocycles. The van der Waals surface area contributed by atoms with Crippen molar-refractivity contribution >= 4 is 41.3 Å². The molecule has 2 aromatic carbocycles. The monoisotopic (exact) mass is 431 g/mol. The highest BCUT2D eigenvalue weighted by Crippen LogP contribution is 2.29. The summed E-state index contributed by atoms with van der Waals surface area (Å²) in [5.41, 5.74) is 1.34. The van der Waals surface area contributed by atoms with Gasteiger partial charge in [-0.2, -0.15) is 0 Å². The number of benzene rings is 2. The second-order valence-electron chi connectivity index (χ2n) is 5.62. The van der Waals surface area contributed by atoms with Crippen molar-refractivity contribution in [3.8, 4) is 0 Å². The van der Waals surface area contributed by atoms with E-state index in [9.17, 15) is 16.8 Å². The van der Waals surface area contributed by atoms with Crippen LogP contribution in [-0.2, 0) is 19.7 Å². The quantitative estimate of drug-likeness (QED) is 0.783. The third-order valence-electron chi connectivity index (χ3n) is 3.50. The van der Waals surface area contributed by atoms with Crippen molar-refractivity contribution in [3.63, 3.8) is 0 Å². The lowest BCUT2D eigenvalue weighted by atomic mass is 10.1. The molecule has 0 saturated heterocycles. The topological polar surface area (TPSA) is 80.3 Å². The zero-order valence-corrected chi connectivity index (χ0v) is 16.7. The summed E-state index contributed by atoms with van der Waals surface area (Å²) >= 11 is 3.40. The van der Waals surface area contributed by atoms with Crippen LogP contribution < -0.4 is 5.32 Å². The SMILES string of the molecule is CC(Nc1ccc(S(C)(=O)=O)cc1S(C)(=O)=O)c1cccc(Br)c1. The zero-order valence-electron chi connectivity index (χ0n) is 13.4. The molecule has 0 bridgehead atoms. The Kier molecular flexibility index (Phi) is 5.41. The Bertz CT molecular complexity index is 969. The first-order valence-corrected chi connectivity index (χ1v) is 11.6. The number of nitrogens with one attached hydrogen (secondary N) is 1. The van der Waals surface area contributed by atoms with Crippen LogP contribution in [0.1, 0.15) is 18.5 Å². The van der Waals surface area contributed by atoms with E-state index in [1.165, 1.54) is 18.2 Å². The molecule has 0 fully saturated rings. The molecule has 24 heavy (non-hydrogen) atoms. The summed E-state index contributed by atoms with van der Waals surface area (Å²) in [4.78, 5) is -0.0594. The fraction of sp³-hybridized carbons (Fsp3) is 0.250. The molecule has 0 radical (unpaired) electrons. The van der Waals surface area contributed by atoms with Crippen LogP contribution in [0.25, 0.3) is 0 Å². The van der Waals surface area contributed by atoms with Crippen molar-refractivity contribution in [1.82, 2.24) is 0 Å². The van der Waals surface area contributed by atoms with Gasteiger partial charge in [0, 0.05) is 23.0 Å². The first-order chi connectivity index (χ1) is 11.0. The third-order valence-corrected chi connectivity index (χ3v) is 6.24. The number of sulfone groups is 2. The molecule has 5 nitrogen and oxygen atoms in total. The van der Waals surface area contributed by atoms with Crippen molar-refractivity contribution in [2.75, 3.05) is 17.8 Å². The van der Waals surface area contributed by atoms with Gasteiger partial charge >= 0.3 is 0 Å². The minimum Gasteiger partial charge on any atom is -0.377 e. The van der Waals surface area contributed by atoms with Gasteiger partial charge in [-0.05, 0) is 42.8 Å². The summed E-state index contributed by atoms with van der Waals surface area (Å²) in [5.74, 6) is 0. The van der Waals surface area contributed by atoms with Crippen LogP contribution in [0, 0.1) is 0 Å². The van der Waals surface area contributed by atoms with Gasteiger partial charge in [0.15, 0.2) is 19.7 Å². The average molecular weight is 432 g/mol. The molecular formula is C16H18BrNO4S2. The summed E-state index contributed by atoms with van der Waals surface area (Å²) in [6.45, 7) is 1.90. The lowest BCUT2D eigenvalue weighted by molar-refractivity contribution is 0.600. The lowest BCUT2D eigenvalue weighted by Gasteiger charge is -2.19. The third kappa shape index (κ3) is 4.58. The number of hydrogen-bond acceptors (Lipinski definition) is 5. The lowest BCUT2D eigenvalue weighted by Crippen LogP contribution is -2.11. The van der Waals surface area contributed by atoms with Crippen molar-refractivity contribution in [3.05, 3.63) is 52.5 Å². The molecule has 0 amide bonds. The van der Waals surface area contributed by atoms with Gasteiger partial charge in [-0.15, -0.1) is 0 Å². The van der Waals surface area contributed by atoms with Crippen LogP contribution in [0.4, 0.5) is 5.69 Å². The fourth-order valence-electron chi connectivity index (χ4n) is 2.25. The van der Waals surface area contributed by atoms with Gasteiger partial charge in [0.05, 0.1) is 15.5 Å². The maximum absolute atomic E-state index is 12.1. The van der Waals surface area contributed by atoms with Crippen LogP contribution in [0.3, 0.4) is 0 Å². The van der Waals surface area contributed by atoms with Crippen LogP contribution in [0.2, 0.25) is 0 Å². The van der Waals surface area contributed by atoms with E-state index < -0.39 is 19.7 Å². The Morgan fingerprint density at radius 2 is 1.62 bits per heavy atom.